The summed E-state index contributed by atoms with van der Waals surface area (Å²) in [6, 6.07) is 3.58. The number of halogens is 4. The Balaban J connectivity index is 1.70. The van der Waals surface area contributed by atoms with Gasteiger partial charge in [0.05, 0.1) is 23.5 Å². The summed E-state index contributed by atoms with van der Waals surface area (Å²) < 4.78 is 59.2. The number of hydrogen-bond acceptors (Lipinski definition) is 4. The molecule has 0 spiro atoms. The zero-order valence-electron chi connectivity index (χ0n) is 19.4. The van der Waals surface area contributed by atoms with Gasteiger partial charge in [-0.25, -0.2) is 13.9 Å². The van der Waals surface area contributed by atoms with Gasteiger partial charge >= 0.3 is 12.3 Å². The maximum atomic E-state index is 14.0. The molecule has 1 fully saturated rings. The van der Waals surface area contributed by atoms with Gasteiger partial charge in [0.25, 0.3) is 0 Å². The van der Waals surface area contributed by atoms with Crippen LogP contribution in [0.15, 0.2) is 30.5 Å². The van der Waals surface area contributed by atoms with Crippen LogP contribution in [-0.4, -0.2) is 51.0 Å². The highest BCUT2D eigenvalue weighted by molar-refractivity contribution is 5.86. The summed E-state index contributed by atoms with van der Waals surface area (Å²) >= 11 is 0. The summed E-state index contributed by atoms with van der Waals surface area (Å²) in [4.78, 5) is 26.3. The van der Waals surface area contributed by atoms with Crippen molar-refractivity contribution in [2.45, 2.75) is 71.1 Å². The molecule has 1 aliphatic rings. The standard InChI is InChI=1S/C23H28F4N4O3/c1-5-18-14(12-31(29-18)17-8-6-15(7-9-17)23(25,26)27)11-28-20(32)19-10-16(24)13-30(19)21(33)34-22(2,3)4/h6-9,12,16,19H,5,10-11,13H2,1-4H3,(H,28,32)/t16-,19+/m1/s1. The van der Waals surface area contributed by atoms with Crippen molar-refractivity contribution >= 4 is 12.0 Å². The lowest BCUT2D eigenvalue weighted by Crippen LogP contribution is -2.47. The van der Waals surface area contributed by atoms with Gasteiger partial charge in [-0.1, -0.05) is 6.92 Å². The molecule has 1 saturated heterocycles. The van der Waals surface area contributed by atoms with Crippen LogP contribution in [0.5, 0.6) is 0 Å². The summed E-state index contributed by atoms with van der Waals surface area (Å²) in [6.45, 7) is 6.76. The summed E-state index contributed by atoms with van der Waals surface area (Å²) in [5.41, 5.74) is 0.208. The zero-order chi connectivity index (χ0) is 25.3. The molecular weight excluding hydrogens is 456 g/mol. The Kier molecular flexibility index (Phi) is 7.23. The monoisotopic (exact) mass is 484 g/mol. The Morgan fingerprint density at radius 2 is 1.82 bits per heavy atom. The predicted octanol–water partition coefficient (Wildman–Crippen LogP) is 4.42. The van der Waals surface area contributed by atoms with Crippen molar-refractivity contribution < 1.29 is 31.9 Å². The zero-order valence-corrected chi connectivity index (χ0v) is 19.4. The van der Waals surface area contributed by atoms with E-state index in [-0.39, 0.29) is 19.5 Å². The van der Waals surface area contributed by atoms with Gasteiger partial charge in [0, 0.05) is 24.7 Å². The van der Waals surface area contributed by atoms with E-state index >= 15 is 0 Å². The molecule has 1 N–H and O–H groups in total. The first-order chi connectivity index (χ1) is 15.8. The highest BCUT2D eigenvalue weighted by atomic mass is 19.4. The van der Waals surface area contributed by atoms with E-state index in [1.54, 1.807) is 27.0 Å². The van der Waals surface area contributed by atoms with E-state index in [4.69, 9.17) is 4.74 Å². The topological polar surface area (TPSA) is 76.5 Å². The first-order valence-electron chi connectivity index (χ1n) is 10.9. The van der Waals surface area contributed by atoms with Crippen LogP contribution in [0.1, 0.15) is 50.9 Å². The van der Waals surface area contributed by atoms with Gasteiger partial charge < -0.3 is 10.1 Å². The maximum absolute atomic E-state index is 14.0. The molecule has 0 bridgehead atoms. The predicted molar refractivity (Wildman–Crippen MR) is 116 cm³/mol. The molecule has 2 heterocycles. The van der Waals surface area contributed by atoms with Crippen LogP contribution in [0.3, 0.4) is 0 Å². The Morgan fingerprint density at radius 1 is 1.18 bits per heavy atom. The largest absolute Gasteiger partial charge is 0.444 e. The van der Waals surface area contributed by atoms with Gasteiger partial charge in [0.15, 0.2) is 0 Å². The summed E-state index contributed by atoms with van der Waals surface area (Å²) in [5, 5.41) is 7.12. The number of hydrogen-bond donors (Lipinski definition) is 1. The number of carbonyl (C=O) groups excluding carboxylic acids is 2. The van der Waals surface area contributed by atoms with E-state index in [1.807, 2.05) is 6.92 Å². The number of amides is 2. The molecule has 2 aromatic rings. The molecule has 2 atom stereocenters. The summed E-state index contributed by atoms with van der Waals surface area (Å²) in [5.74, 6) is -0.518. The molecule has 0 aliphatic carbocycles. The Labute approximate surface area is 195 Å². The first kappa shape index (κ1) is 25.5. The third-order valence-corrected chi connectivity index (χ3v) is 5.31. The number of aromatic nitrogens is 2. The minimum atomic E-state index is -4.43. The SMILES string of the molecule is CCc1nn(-c2ccc(C(F)(F)F)cc2)cc1CNC(=O)[C@@H]1C[C@@H](F)CN1C(=O)OC(C)(C)C. The molecule has 0 radical (unpaired) electrons. The number of aryl methyl sites for hydroxylation is 1. The molecule has 11 heteroatoms. The number of carbonyl (C=O) groups is 2. The quantitative estimate of drug-likeness (QED) is 0.638. The van der Waals surface area contributed by atoms with E-state index in [2.05, 4.69) is 10.4 Å². The third kappa shape index (κ3) is 6.06. The second-order valence-corrected chi connectivity index (χ2v) is 9.14. The number of nitrogens with zero attached hydrogens (tertiary/aromatic N) is 3. The van der Waals surface area contributed by atoms with Gasteiger partial charge in [-0.2, -0.15) is 18.3 Å². The van der Waals surface area contributed by atoms with E-state index in [0.29, 0.717) is 23.4 Å². The van der Waals surface area contributed by atoms with Gasteiger partial charge in [0.2, 0.25) is 5.91 Å². The Morgan fingerprint density at radius 3 is 2.38 bits per heavy atom. The fraction of sp³-hybridized carbons (Fsp3) is 0.522. The van der Waals surface area contributed by atoms with E-state index in [1.165, 1.54) is 16.8 Å². The second kappa shape index (κ2) is 9.63. The molecule has 0 saturated carbocycles. The van der Waals surface area contributed by atoms with Crippen LogP contribution >= 0.6 is 0 Å². The average Bonchev–Trinajstić information content (AvgIpc) is 3.33. The van der Waals surface area contributed by atoms with Gasteiger partial charge in [-0.05, 0) is 51.5 Å². The van der Waals surface area contributed by atoms with Crippen LogP contribution in [0.2, 0.25) is 0 Å². The normalized spacial score (nSPS) is 18.8. The lowest BCUT2D eigenvalue weighted by molar-refractivity contribution is -0.137. The van der Waals surface area contributed by atoms with Crippen LogP contribution in [-0.2, 0) is 28.7 Å². The van der Waals surface area contributed by atoms with Crippen molar-refractivity contribution in [3.05, 3.63) is 47.3 Å². The third-order valence-electron chi connectivity index (χ3n) is 5.31. The molecular formula is C23H28F4N4O3. The molecule has 34 heavy (non-hydrogen) atoms. The lowest BCUT2D eigenvalue weighted by Gasteiger charge is -2.27. The average molecular weight is 484 g/mol. The molecule has 1 aromatic carbocycles. The van der Waals surface area contributed by atoms with Crippen molar-refractivity contribution in [3.8, 4) is 5.69 Å². The van der Waals surface area contributed by atoms with E-state index < -0.39 is 41.6 Å². The van der Waals surface area contributed by atoms with Gasteiger partial charge in [-0.15, -0.1) is 0 Å². The minimum Gasteiger partial charge on any atom is -0.444 e. The van der Waals surface area contributed by atoms with Crippen LogP contribution in [0.25, 0.3) is 5.69 Å². The number of nitrogens with one attached hydrogen (secondary N) is 1. The fourth-order valence-corrected chi connectivity index (χ4v) is 3.68. The Hall–Kier alpha value is -3.11. The van der Waals surface area contributed by atoms with Crippen molar-refractivity contribution in [3.63, 3.8) is 0 Å². The molecule has 1 aliphatic heterocycles. The number of ether oxygens (including phenoxy) is 1. The second-order valence-electron chi connectivity index (χ2n) is 9.14. The van der Waals surface area contributed by atoms with Crippen molar-refractivity contribution in [2.24, 2.45) is 0 Å². The van der Waals surface area contributed by atoms with Gasteiger partial charge in [-0.3, -0.25) is 9.69 Å². The number of rotatable bonds is 5. The van der Waals surface area contributed by atoms with E-state index in [0.717, 1.165) is 17.0 Å². The lowest BCUT2D eigenvalue weighted by atomic mass is 10.1. The van der Waals surface area contributed by atoms with Crippen LogP contribution in [0, 0.1) is 0 Å². The first-order valence-corrected chi connectivity index (χ1v) is 10.9. The fourth-order valence-electron chi connectivity index (χ4n) is 3.68. The molecule has 186 valence electrons. The smallest absolute Gasteiger partial charge is 0.416 e. The van der Waals surface area contributed by atoms with Crippen molar-refractivity contribution in [1.82, 2.24) is 20.0 Å². The molecule has 0 unspecified atom stereocenters. The van der Waals surface area contributed by atoms with Crippen molar-refractivity contribution in [1.29, 1.82) is 0 Å². The molecule has 2 amide bonds. The van der Waals surface area contributed by atoms with Crippen LogP contribution in [0.4, 0.5) is 22.4 Å². The summed E-state index contributed by atoms with van der Waals surface area (Å²) in [7, 11) is 0. The Bertz CT molecular complexity index is 1030. The minimum absolute atomic E-state index is 0.0677. The van der Waals surface area contributed by atoms with Gasteiger partial charge in [0.1, 0.15) is 17.8 Å². The number of alkyl halides is 4. The number of benzene rings is 1. The number of likely N-dealkylation sites (tertiary alicyclic amines) is 1. The molecule has 7 nitrogen and oxygen atoms in total. The molecule has 3 rings (SSSR count). The van der Waals surface area contributed by atoms with Crippen LogP contribution < -0.4 is 5.32 Å². The van der Waals surface area contributed by atoms with E-state index in [9.17, 15) is 27.2 Å². The maximum Gasteiger partial charge on any atom is 0.416 e. The molecule has 1 aromatic heterocycles. The summed E-state index contributed by atoms with van der Waals surface area (Å²) in [6.07, 6.45) is -4.50. The highest BCUT2D eigenvalue weighted by Gasteiger charge is 2.41. The van der Waals surface area contributed by atoms with Crippen molar-refractivity contribution in [2.75, 3.05) is 6.54 Å². The highest BCUT2D eigenvalue weighted by Crippen LogP contribution is 2.30.